The summed E-state index contributed by atoms with van der Waals surface area (Å²) in [6.45, 7) is 2.17. The van der Waals surface area contributed by atoms with Gasteiger partial charge in [0, 0.05) is 23.7 Å². The molecule has 1 fully saturated rings. The molecule has 0 atom stereocenters. The minimum Gasteiger partial charge on any atom is -0.369 e. The summed E-state index contributed by atoms with van der Waals surface area (Å²) in [7, 11) is 0. The van der Waals surface area contributed by atoms with Crippen LogP contribution in [-0.4, -0.2) is 42.3 Å². The van der Waals surface area contributed by atoms with Crippen LogP contribution in [0.15, 0.2) is 42.5 Å². The maximum absolute atomic E-state index is 12.2. The van der Waals surface area contributed by atoms with Crippen molar-refractivity contribution < 1.29 is 14.4 Å². The van der Waals surface area contributed by atoms with Crippen LogP contribution in [0.5, 0.6) is 0 Å². The Kier molecular flexibility index (Phi) is 7.90. The summed E-state index contributed by atoms with van der Waals surface area (Å²) in [6, 6.07) is 12.1. The van der Waals surface area contributed by atoms with E-state index >= 15 is 0 Å². The number of amides is 3. The SMILES string of the molecule is NC(=O)C1CCN(Cc2cccc(NC(=O)CNC(=O)c3ccc(Cl)c(Cl)c3)c2)CC1. The Morgan fingerprint density at radius 3 is 2.45 bits per heavy atom. The van der Waals surface area contributed by atoms with Crippen molar-refractivity contribution in [2.45, 2.75) is 19.4 Å². The summed E-state index contributed by atoms with van der Waals surface area (Å²) in [5, 5.41) is 5.98. The number of primary amides is 1. The highest BCUT2D eigenvalue weighted by Gasteiger charge is 2.23. The number of anilines is 1. The van der Waals surface area contributed by atoms with E-state index in [0.717, 1.165) is 38.0 Å². The van der Waals surface area contributed by atoms with Crippen molar-refractivity contribution in [2.24, 2.45) is 11.7 Å². The van der Waals surface area contributed by atoms with Crippen molar-refractivity contribution in [3.63, 3.8) is 0 Å². The molecular formula is C22H24Cl2N4O3. The number of hydrogen-bond donors (Lipinski definition) is 3. The molecule has 0 aliphatic carbocycles. The third-order valence-electron chi connectivity index (χ3n) is 5.20. The van der Waals surface area contributed by atoms with Crippen LogP contribution in [0, 0.1) is 5.92 Å². The number of halogens is 2. The fourth-order valence-electron chi connectivity index (χ4n) is 3.49. The highest BCUT2D eigenvalue weighted by atomic mass is 35.5. The molecule has 164 valence electrons. The lowest BCUT2D eigenvalue weighted by atomic mass is 9.96. The number of rotatable bonds is 7. The molecule has 0 unspecified atom stereocenters. The first kappa shape index (κ1) is 23.1. The fourth-order valence-corrected chi connectivity index (χ4v) is 3.78. The van der Waals surface area contributed by atoms with Gasteiger partial charge in [-0.25, -0.2) is 0 Å². The Labute approximate surface area is 190 Å². The fraction of sp³-hybridized carbons (Fsp3) is 0.318. The van der Waals surface area contributed by atoms with Gasteiger partial charge in [0.15, 0.2) is 0 Å². The molecule has 4 N–H and O–H groups in total. The topological polar surface area (TPSA) is 105 Å². The Balaban J connectivity index is 1.48. The van der Waals surface area contributed by atoms with Crippen molar-refractivity contribution in [1.82, 2.24) is 10.2 Å². The summed E-state index contributed by atoms with van der Waals surface area (Å²) in [5.74, 6) is -1.02. The largest absolute Gasteiger partial charge is 0.369 e. The van der Waals surface area contributed by atoms with E-state index in [1.165, 1.54) is 18.2 Å². The minimum atomic E-state index is -0.415. The summed E-state index contributed by atoms with van der Waals surface area (Å²) in [6.07, 6.45) is 1.54. The smallest absolute Gasteiger partial charge is 0.251 e. The van der Waals surface area contributed by atoms with Crippen molar-refractivity contribution in [1.29, 1.82) is 0 Å². The van der Waals surface area contributed by atoms with E-state index < -0.39 is 5.91 Å². The molecule has 7 nitrogen and oxygen atoms in total. The molecule has 3 amide bonds. The van der Waals surface area contributed by atoms with Crippen LogP contribution in [-0.2, 0) is 16.1 Å². The normalized spacial score (nSPS) is 14.8. The molecule has 2 aromatic rings. The number of carbonyl (C=O) groups is 3. The van der Waals surface area contributed by atoms with Gasteiger partial charge in [-0.2, -0.15) is 0 Å². The van der Waals surface area contributed by atoms with Gasteiger partial charge in [-0.15, -0.1) is 0 Å². The molecule has 1 aliphatic rings. The molecule has 0 aromatic heterocycles. The van der Waals surface area contributed by atoms with Gasteiger partial charge in [0.05, 0.1) is 16.6 Å². The second kappa shape index (κ2) is 10.6. The van der Waals surface area contributed by atoms with Crippen LogP contribution in [0.25, 0.3) is 0 Å². The van der Waals surface area contributed by atoms with E-state index in [-0.39, 0.29) is 29.3 Å². The lowest BCUT2D eigenvalue weighted by Gasteiger charge is -2.30. The Hall–Kier alpha value is -2.61. The van der Waals surface area contributed by atoms with Gasteiger partial charge in [0.2, 0.25) is 11.8 Å². The number of nitrogens with two attached hydrogens (primary N) is 1. The standard InChI is InChI=1S/C22H24Cl2N4O3/c23-18-5-4-16(11-19(18)24)22(31)26-12-20(29)27-17-3-1-2-14(10-17)13-28-8-6-15(7-9-28)21(25)30/h1-5,10-11,15H,6-9,12-13H2,(H2,25,30)(H,26,31)(H,27,29). The molecule has 2 aromatic carbocycles. The van der Waals surface area contributed by atoms with E-state index in [4.69, 9.17) is 28.9 Å². The van der Waals surface area contributed by atoms with Gasteiger partial charge in [0.1, 0.15) is 0 Å². The van der Waals surface area contributed by atoms with Crippen LogP contribution in [0.2, 0.25) is 10.0 Å². The first-order chi connectivity index (χ1) is 14.8. The first-order valence-corrected chi connectivity index (χ1v) is 10.7. The zero-order valence-electron chi connectivity index (χ0n) is 16.9. The Bertz CT molecular complexity index is 975. The van der Waals surface area contributed by atoms with Gasteiger partial charge < -0.3 is 16.4 Å². The van der Waals surface area contributed by atoms with E-state index in [9.17, 15) is 14.4 Å². The van der Waals surface area contributed by atoms with Crippen molar-refractivity contribution in [3.8, 4) is 0 Å². The molecule has 9 heteroatoms. The predicted molar refractivity (Wildman–Crippen MR) is 121 cm³/mol. The summed E-state index contributed by atoms with van der Waals surface area (Å²) >= 11 is 11.8. The zero-order valence-corrected chi connectivity index (χ0v) is 18.4. The van der Waals surface area contributed by atoms with Crippen molar-refractivity contribution in [3.05, 3.63) is 63.6 Å². The molecular weight excluding hydrogens is 439 g/mol. The highest BCUT2D eigenvalue weighted by molar-refractivity contribution is 6.42. The lowest BCUT2D eigenvalue weighted by molar-refractivity contribution is -0.123. The van der Waals surface area contributed by atoms with E-state index in [2.05, 4.69) is 15.5 Å². The third kappa shape index (κ3) is 6.69. The molecule has 0 spiro atoms. The van der Waals surface area contributed by atoms with E-state index in [1.807, 2.05) is 18.2 Å². The van der Waals surface area contributed by atoms with Crippen LogP contribution >= 0.6 is 23.2 Å². The molecule has 1 aliphatic heterocycles. The van der Waals surface area contributed by atoms with Crippen LogP contribution in [0.1, 0.15) is 28.8 Å². The number of likely N-dealkylation sites (tertiary alicyclic amines) is 1. The van der Waals surface area contributed by atoms with Crippen molar-refractivity contribution in [2.75, 3.05) is 25.0 Å². The maximum Gasteiger partial charge on any atom is 0.251 e. The molecule has 1 saturated heterocycles. The van der Waals surface area contributed by atoms with Gasteiger partial charge in [-0.05, 0) is 61.8 Å². The van der Waals surface area contributed by atoms with Crippen LogP contribution < -0.4 is 16.4 Å². The molecule has 1 heterocycles. The molecule has 3 rings (SSSR count). The average molecular weight is 463 g/mol. The van der Waals surface area contributed by atoms with Crippen LogP contribution in [0.4, 0.5) is 5.69 Å². The van der Waals surface area contributed by atoms with Crippen LogP contribution in [0.3, 0.4) is 0 Å². The first-order valence-electron chi connectivity index (χ1n) is 9.95. The Morgan fingerprint density at radius 2 is 1.77 bits per heavy atom. The second-order valence-corrected chi connectivity index (χ2v) is 8.33. The summed E-state index contributed by atoms with van der Waals surface area (Å²) < 4.78 is 0. The predicted octanol–water partition coefficient (Wildman–Crippen LogP) is 3.06. The summed E-state index contributed by atoms with van der Waals surface area (Å²) in [4.78, 5) is 38.0. The van der Waals surface area contributed by atoms with E-state index in [1.54, 1.807) is 6.07 Å². The second-order valence-electron chi connectivity index (χ2n) is 7.51. The molecule has 31 heavy (non-hydrogen) atoms. The number of benzene rings is 2. The highest BCUT2D eigenvalue weighted by Crippen LogP contribution is 2.22. The van der Waals surface area contributed by atoms with Gasteiger partial charge in [-0.3, -0.25) is 19.3 Å². The molecule has 0 bridgehead atoms. The van der Waals surface area contributed by atoms with Gasteiger partial charge >= 0.3 is 0 Å². The minimum absolute atomic E-state index is 0.0408. The van der Waals surface area contributed by atoms with E-state index in [0.29, 0.717) is 16.3 Å². The van der Waals surface area contributed by atoms with Crippen molar-refractivity contribution >= 4 is 46.6 Å². The lowest BCUT2D eigenvalue weighted by Crippen LogP contribution is -2.38. The number of piperidine rings is 1. The van der Waals surface area contributed by atoms with Gasteiger partial charge in [-0.1, -0.05) is 35.3 Å². The monoisotopic (exact) mass is 462 g/mol. The maximum atomic E-state index is 12.2. The quantitative estimate of drug-likeness (QED) is 0.587. The average Bonchev–Trinajstić information content (AvgIpc) is 2.74. The van der Waals surface area contributed by atoms with Gasteiger partial charge in [0.25, 0.3) is 5.91 Å². The summed E-state index contributed by atoms with van der Waals surface area (Å²) in [5.41, 5.74) is 7.41. The molecule has 0 radical (unpaired) electrons. The zero-order chi connectivity index (χ0) is 22.4. The number of hydrogen-bond acceptors (Lipinski definition) is 4. The number of nitrogens with one attached hydrogen (secondary N) is 2. The Morgan fingerprint density at radius 1 is 1.03 bits per heavy atom. The number of carbonyl (C=O) groups excluding carboxylic acids is 3. The third-order valence-corrected chi connectivity index (χ3v) is 5.94. The molecule has 0 saturated carbocycles. The number of nitrogens with zero attached hydrogens (tertiary/aromatic N) is 1.